The Bertz CT molecular complexity index is 885. The van der Waals surface area contributed by atoms with Gasteiger partial charge in [0.15, 0.2) is 17.5 Å². The third kappa shape index (κ3) is 2.63. The Morgan fingerprint density at radius 1 is 0.767 bits per heavy atom. The quantitative estimate of drug-likeness (QED) is 0.454. The molecule has 5 heteroatoms. The highest BCUT2D eigenvalue weighted by molar-refractivity contribution is 5.33. The van der Waals surface area contributed by atoms with Crippen LogP contribution in [-0.2, 0) is 11.3 Å². The molecule has 0 spiro atoms. The van der Waals surface area contributed by atoms with Crippen molar-refractivity contribution in [3.8, 4) is 0 Å². The number of halogens is 4. The van der Waals surface area contributed by atoms with Crippen molar-refractivity contribution >= 4 is 0 Å². The van der Waals surface area contributed by atoms with Gasteiger partial charge in [-0.15, -0.1) is 0 Å². The largest absolute Gasteiger partial charge is 0.363 e. The first-order valence-corrected chi connectivity index (χ1v) is 11.3. The van der Waals surface area contributed by atoms with Crippen LogP contribution in [0.15, 0.2) is 23.8 Å². The lowest BCUT2D eigenvalue weighted by Gasteiger charge is -2.64. The van der Waals surface area contributed by atoms with E-state index in [-0.39, 0.29) is 23.1 Å². The molecule has 0 aliphatic heterocycles. The third-order valence-corrected chi connectivity index (χ3v) is 9.42. The summed E-state index contributed by atoms with van der Waals surface area (Å²) in [7, 11) is 0. The van der Waals surface area contributed by atoms with E-state index in [4.69, 9.17) is 4.74 Å². The minimum Gasteiger partial charge on any atom is -0.363 e. The minimum atomic E-state index is -1.34. The Morgan fingerprint density at radius 3 is 1.97 bits per heavy atom. The van der Waals surface area contributed by atoms with Gasteiger partial charge in [-0.05, 0) is 87.5 Å². The molecule has 0 aromatic heterocycles. The van der Waals surface area contributed by atoms with Crippen LogP contribution in [0.3, 0.4) is 0 Å². The Kier molecular flexibility index (Phi) is 4.50. The molecule has 1 aromatic rings. The summed E-state index contributed by atoms with van der Waals surface area (Å²) in [4.78, 5) is 0. The molecule has 0 radical (unpaired) electrons. The molecule has 0 heterocycles. The average Bonchev–Trinajstić information content (AvgIpc) is 2.76. The molecule has 1 nitrogen and oxygen atoms in total. The zero-order chi connectivity index (χ0) is 21.4. The summed E-state index contributed by atoms with van der Waals surface area (Å²) >= 11 is 0. The van der Waals surface area contributed by atoms with E-state index < -0.39 is 34.3 Å². The van der Waals surface area contributed by atoms with Crippen molar-refractivity contribution in [1.82, 2.24) is 0 Å². The monoisotopic (exact) mass is 422 g/mol. The maximum atomic E-state index is 15.7. The van der Waals surface area contributed by atoms with Crippen molar-refractivity contribution in [2.24, 2.45) is 16.2 Å². The van der Waals surface area contributed by atoms with Crippen molar-refractivity contribution in [3.05, 3.63) is 46.5 Å². The van der Waals surface area contributed by atoms with Gasteiger partial charge in [0.25, 0.3) is 0 Å². The van der Waals surface area contributed by atoms with E-state index in [1.165, 1.54) is 19.1 Å². The molecule has 0 unspecified atom stereocenters. The number of rotatable bonds is 4. The van der Waals surface area contributed by atoms with Crippen LogP contribution in [-0.4, -0.2) is 5.60 Å². The fourth-order valence-electron chi connectivity index (χ4n) is 7.00. The molecule has 6 aliphatic rings. The van der Waals surface area contributed by atoms with Crippen LogP contribution < -0.4 is 0 Å². The van der Waals surface area contributed by atoms with Crippen molar-refractivity contribution < 1.29 is 22.3 Å². The zero-order valence-corrected chi connectivity index (χ0v) is 17.9. The highest BCUT2D eigenvalue weighted by Crippen LogP contribution is 2.72. The first-order valence-electron chi connectivity index (χ1n) is 11.3. The smallest absolute Gasteiger partial charge is 0.164 e. The lowest BCUT2D eigenvalue weighted by Crippen LogP contribution is -2.58. The van der Waals surface area contributed by atoms with Crippen LogP contribution in [0.4, 0.5) is 17.6 Å². The topological polar surface area (TPSA) is 9.23 Å². The SMILES string of the molecule is Cc1ccc(COC23CCC(C45CCC(C)(CC4)CC5)(CC2)C(F)=C3F)c(F)c1F. The van der Waals surface area contributed by atoms with Gasteiger partial charge in [-0.2, -0.15) is 0 Å². The molecule has 0 N–H and O–H groups in total. The molecule has 4 fully saturated rings. The Labute approximate surface area is 175 Å². The summed E-state index contributed by atoms with van der Waals surface area (Å²) in [6.45, 7) is 3.55. The fourth-order valence-corrected chi connectivity index (χ4v) is 7.00. The van der Waals surface area contributed by atoms with Crippen LogP contribution in [0.1, 0.15) is 82.3 Å². The van der Waals surface area contributed by atoms with Crippen LogP contribution in [0.5, 0.6) is 0 Å². The molecule has 0 amide bonds. The molecule has 0 atom stereocenters. The van der Waals surface area contributed by atoms with Gasteiger partial charge < -0.3 is 4.74 Å². The standard InChI is InChI=1S/C25H30F4O/c1-16-3-4-17(19(27)18(16)26)15-30-25-13-11-24(12-14-25,20(28)21(25)29)23-8-5-22(2,6-9-23)7-10-23/h3-4H,5-15H2,1-2H3. The molecule has 164 valence electrons. The summed E-state index contributed by atoms with van der Waals surface area (Å²) in [6, 6.07) is 2.94. The van der Waals surface area contributed by atoms with Crippen LogP contribution in [0.2, 0.25) is 0 Å². The first-order chi connectivity index (χ1) is 14.2. The fraction of sp³-hybridized carbons (Fsp3) is 0.680. The highest BCUT2D eigenvalue weighted by Gasteiger charge is 2.66. The Balaban J connectivity index is 1.42. The molecule has 6 aliphatic carbocycles. The van der Waals surface area contributed by atoms with Gasteiger partial charge in [-0.25, -0.2) is 17.6 Å². The maximum absolute atomic E-state index is 15.7. The van der Waals surface area contributed by atoms with E-state index in [0.29, 0.717) is 31.1 Å². The number of aryl methyl sites for hydroxylation is 1. The van der Waals surface area contributed by atoms with Gasteiger partial charge in [0.2, 0.25) is 0 Å². The minimum absolute atomic E-state index is 0.0422. The van der Waals surface area contributed by atoms with Gasteiger partial charge in [0.05, 0.1) is 6.61 Å². The second kappa shape index (κ2) is 6.57. The number of ether oxygens (including phenoxy) is 1. The maximum Gasteiger partial charge on any atom is 0.164 e. The van der Waals surface area contributed by atoms with E-state index in [1.54, 1.807) is 0 Å². The van der Waals surface area contributed by atoms with Crippen molar-refractivity contribution in [2.45, 2.75) is 90.3 Å². The summed E-state index contributed by atoms with van der Waals surface area (Å²) in [5.74, 6) is -3.28. The van der Waals surface area contributed by atoms with E-state index >= 15 is 8.78 Å². The van der Waals surface area contributed by atoms with Crippen LogP contribution in [0.25, 0.3) is 0 Å². The summed E-state index contributed by atoms with van der Waals surface area (Å²) < 4.78 is 65.1. The first kappa shape index (κ1) is 20.5. The van der Waals surface area contributed by atoms with E-state index in [9.17, 15) is 8.78 Å². The van der Waals surface area contributed by atoms with Gasteiger partial charge in [0.1, 0.15) is 11.4 Å². The molecule has 30 heavy (non-hydrogen) atoms. The van der Waals surface area contributed by atoms with Crippen molar-refractivity contribution in [1.29, 1.82) is 0 Å². The van der Waals surface area contributed by atoms with Gasteiger partial charge in [-0.1, -0.05) is 19.1 Å². The highest BCUT2D eigenvalue weighted by atomic mass is 19.2. The van der Waals surface area contributed by atoms with E-state index in [1.807, 2.05) is 0 Å². The number of hydrogen-bond donors (Lipinski definition) is 0. The molecule has 7 rings (SSSR count). The number of fused-ring (bicyclic) bond motifs is 5. The molecule has 1 aromatic carbocycles. The van der Waals surface area contributed by atoms with Crippen molar-refractivity contribution in [3.63, 3.8) is 0 Å². The van der Waals surface area contributed by atoms with Gasteiger partial charge in [-0.3, -0.25) is 0 Å². The molecule has 4 saturated carbocycles. The molecular weight excluding hydrogens is 392 g/mol. The van der Waals surface area contributed by atoms with Gasteiger partial charge in [0, 0.05) is 11.0 Å². The van der Waals surface area contributed by atoms with E-state index in [0.717, 1.165) is 38.5 Å². The van der Waals surface area contributed by atoms with Crippen molar-refractivity contribution in [2.75, 3.05) is 0 Å². The van der Waals surface area contributed by atoms with Crippen LogP contribution >= 0.6 is 0 Å². The predicted molar refractivity (Wildman–Crippen MR) is 107 cm³/mol. The molecular formula is C25H30F4O. The number of allylic oxidation sites excluding steroid dienone is 1. The summed E-state index contributed by atoms with van der Waals surface area (Å²) in [5, 5.41) is 0. The number of hydrogen-bond acceptors (Lipinski definition) is 1. The predicted octanol–water partition coefficient (Wildman–Crippen LogP) is 7.61. The van der Waals surface area contributed by atoms with Crippen LogP contribution in [0, 0.1) is 34.8 Å². The Morgan fingerprint density at radius 2 is 1.37 bits per heavy atom. The lowest BCUT2D eigenvalue weighted by molar-refractivity contribution is -0.165. The van der Waals surface area contributed by atoms with E-state index in [2.05, 4.69) is 6.92 Å². The lowest BCUT2D eigenvalue weighted by atomic mass is 9.41. The molecule has 0 saturated heterocycles. The third-order valence-electron chi connectivity index (χ3n) is 9.42. The summed E-state index contributed by atoms with van der Waals surface area (Å²) in [6.07, 6.45) is 8.20. The normalized spacial score (nSPS) is 40.3. The second-order valence-corrected chi connectivity index (χ2v) is 10.8. The number of benzene rings is 1. The average molecular weight is 423 g/mol. The zero-order valence-electron chi connectivity index (χ0n) is 17.9. The Hall–Kier alpha value is -1.36. The van der Waals surface area contributed by atoms with Gasteiger partial charge >= 0.3 is 0 Å². The summed E-state index contributed by atoms with van der Waals surface area (Å²) in [5.41, 5.74) is -1.55. The second-order valence-electron chi connectivity index (χ2n) is 10.8. The molecule has 4 bridgehead atoms.